The molecule has 1 heterocycles. The fourth-order valence-corrected chi connectivity index (χ4v) is 2.94. The van der Waals surface area contributed by atoms with Crippen molar-refractivity contribution in [2.45, 2.75) is 26.4 Å². The molecular weight excluding hydrogens is 268 g/mol. The predicted octanol–water partition coefficient (Wildman–Crippen LogP) is 1.21. The summed E-state index contributed by atoms with van der Waals surface area (Å²) in [6.07, 6.45) is 0. The topological polar surface area (TPSA) is 60.9 Å². The average Bonchev–Trinajstić information content (AvgIpc) is 2.58. The van der Waals surface area contributed by atoms with E-state index in [-0.39, 0.29) is 18.4 Å². The number of aliphatic hydroxyl groups is 1. The Kier molecular flexibility index (Phi) is 3.91. The monoisotopic (exact) mass is 290 g/mol. The van der Waals surface area contributed by atoms with Gasteiger partial charge < -0.3 is 10.0 Å². The highest BCUT2D eigenvalue weighted by molar-refractivity contribution is 6.22. The van der Waals surface area contributed by atoms with Crippen molar-refractivity contribution in [1.29, 1.82) is 0 Å². The van der Waals surface area contributed by atoms with Crippen LogP contribution in [0, 0.1) is 13.8 Å². The van der Waals surface area contributed by atoms with E-state index < -0.39 is 5.60 Å². The molecule has 0 bridgehead atoms. The van der Waals surface area contributed by atoms with Crippen molar-refractivity contribution in [3.05, 3.63) is 34.4 Å². The maximum absolute atomic E-state index is 12.5. The van der Waals surface area contributed by atoms with Gasteiger partial charge in [0.15, 0.2) is 0 Å². The average molecular weight is 290 g/mol. The molecule has 0 saturated carbocycles. The molecule has 5 nitrogen and oxygen atoms in total. The molecule has 114 valence electrons. The molecule has 2 amide bonds. The molecule has 0 saturated heterocycles. The molecule has 1 N–H and O–H groups in total. The van der Waals surface area contributed by atoms with Crippen LogP contribution in [0.3, 0.4) is 0 Å². The van der Waals surface area contributed by atoms with Crippen molar-refractivity contribution in [3.63, 3.8) is 0 Å². The normalized spacial score (nSPS) is 17.4. The van der Waals surface area contributed by atoms with Crippen LogP contribution in [0.25, 0.3) is 0 Å². The molecule has 0 aromatic heterocycles. The van der Waals surface area contributed by atoms with Crippen molar-refractivity contribution in [1.82, 2.24) is 9.80 Å². The van der Waals surface area contributed by atoms with Crippen LogP contribution in [-0.2, 0) is 0 Å². The summed E-state index contributed by atoms with van der Waals surface area (Å²) in [6, 6.07) is 3.70. The third kappa shape index (κ3) is 2.84. The number of likely N-dealkylation sites (N-methyl/N-ethyl adjacent to an activating group) is 1. The van der Waals surface area contributed by atoms with Crippen LogP contribution in [0.4, 0.5) is 0 Å². The van der Waals surface area contributed by atoms with Crippen molar-refractivity contribution in [2.75, 3.05) is 27.2 Å². The molecule has 1 aliphatic heterocycles. The highest BCUT2D eigenvalue weighted by Crippen LogP contribution is 2.29. The number of hydrogen-bond donors (Lipinski definition) is 1. The van der Waals surface area contributed by atoms with Gasteiger partial charge in [-0.3, -0.25) is 14.5 Å². The minimum Gasteiger partial charge on any atom is -0.387 e. The molecule has 1 atom stereocenters. The zero-order valence-electron chi connectivity index (χ0n) is 13.2. The maximum Gasteiger partial charge on any atom is 0.261 e. The summed E-state index contributed by atoms with van der Waals surface area (Å²) in [7, 11) is 3.68. The Hall–Kier alpha value is -1.72. The number of rotatable bonds is 4. The van der Waals surface area contributed by atoms with Gasteiger partial charge in [0.2, 0.25) is 0 Å². The fourth-order valence-electron chi connectivity index (χ4n) is 2.94. The van der Waals surface area contributed by atoms with Crippen LogP contribution in [0.5, 0.6) is 0 Å². The first-order chi connectivity index (χ1) is 9.64. The summed E-state index contributed by atoms with van der Waals surface area (Å²) < 4.78 is 0. The third-order valence-corrected chi connectivity index (χ3v) is 3.70. The molecule has 21 heavy (non-hydrogen) atoms. The standard InChI is InChI=1S/C16H22N2O3/c1-10-6-7-11(2)13-12(10)14(19)18(15(13)20)9-16(3,21)8-17(4)5/h6-7,21H,8-9H2,1-5H3. The Bertz CT molecular complexity index is 565. The number of fused-ring (bicyclic) bond motifs is 1. The van der Waals surface area contributed by atoms with Crippen LogP contribution < -0.4 is 0 Å². The first-order valence-electron chi connectivity index (χ1n) is 6.97. The summed E-state index contributed by atoms with van der Waals surface area (Å²) in [4.78, 5) is 28.0. The summed E-state index contributed by atoms with van der Waals surface area (Å²) in [5.74, 6) is -0.620. The fraction of sp³-hybridized carbons (Fsp3) is 0.500. The van der Waals surface area contributed by atoms with Gasteiger partial charge in [-0.15, -0.1) is 0 Å². The zero-order valence-corrected chi connectivity index (χ0v) is 13.2. The molecule has 5 heteroatoms. The van der Waals surface area contributed by atoms with Crippen molar-refractivity contribution < 1.29 is 14.7 Å². The molecule has 1 aromatic carbocycles. The van der Waals surface area contributed by atoms with Crippen molar-refractivity contribution >= 4 is 11.8 Å². The van der Waals surface area contributed by atoms with Crippen molar-refractivity contribution in [3.8, 4) is 0 Å². The molecule has 1 aliphatic rings. The summed E-state index contributed by atoms with van der Waals surface area (Å²) in [5.41, 5.74) is 1.40. The number of aryl methyl sites for hydroxylation is 2. The number of carbonyl (C=O) groups excluding carboxylic acids is 2. The highest BCUT2D eigenvalue weighted by atomic mass is 16.3. The van der Waals surface area contributed by atoms with Crippen LogP contribution in [0.15, 0.2) is 12.1 Å². The Balaban J connectivity index is 2.34. The molecule has 0 radical (unpaired) electrons. The van der Waals surface area contributed by atoms with Crippen molar-refractivity contribution in [2.24, 2.45) is 0 Å². The zero-order chi connectivity index (χ0) is 15.9. The SMILES string of the molecule is Cc1ccc(C)c2c1C(=O)N(CC(C)(O)CN(C)C)C2=O. The van der Waals surface area contributed by atoms with Gasteiger partial charge in [-0.2, -0.15) is 0 Å². The van der Waals surface area contributed by atoms with E-state index in [1.807, 2.05) is 45.0 Å². The molecular formula is C16H22N2O3. The predicted molar refractivity (Wildman–Crippen MR) is 80.5 cm³/mol. The van der Waals surface area contributed by atoms with Gasteiger partial charge >= 0.3 is 0 Å². The van der Waals surface area contributed by atoms with Gasteiger partial charge in [-0.25, -0.2) is 0 Å². The summed E-state index contributed by atoms with van der Waals surface area (Å²) >= 11 is 0. The van der Waals surface area contributed by atoms with Crippen LogP contribution in [0.2, 0.25) is 0 Å². The number of carbonyl (C=O) groups is 2. The first-order valence-corrected chi connectivity index (χ1v) is 6.97. The highest BCUT2D eigenvalue weighted by Gasteiger charge is 2.41. The van der Waals surface area contributed by atoms with Crippen LogP contribution in [-0.4, -0.2) is 59.5 Å². The molecule has 0 spiro atoms. The summed E-state index contributed by atoms with van der Waals surface area (Å²) in [5, 5.41) is 10.4. The minimum atomic E-state index is -1.14. The Morgan fingerprint density at radius 2 is 1.52 bits per heavy atom. The van der Waals surface area contributed by atoms with E-state index in [1.165, 1.54) is 0 Å². The van der Waals surface area contributed by atoms with Gasteiger partial charge in [0.05, 0.1) is 23.3 Å². The van der Waals surface area contributed by atoms with E-state index >= 15 is 0 Å². The quantitative estimate of drug-likeness (QED) is 0.847. The minimum absolute atomic E-state index is 0.00356. The second kappa shape index (κ2) is 5.24. The Morgan fingerprint density at radius 3 is 1.90 bits per heavy atom. The second-order valence-corrected chi connectivity index (χ2v) is 6.38. The van der Waals surface area contributed by atoms with Gasteiger partial charge in [0, 0.05) is 6.54 Å². The summed E-state index contributed by atoms with van der Waals surface area (Å²) in [6.45, 7) is 5.65. The van der Waals surface area contributed by atoms with Gasteiger partial charge in [0.25, 0.3) is 11.8 Å². The number of β-amino-alcohol motifs (C(OH)–C–C–N with tert-alkyl or cyclic N) is 1. The van der Waals surface area contributed by atoms with E-state index in [2.05, 4.69) is 0 Å². The second-order valence-electron chi connectivity index (χ2n) is 6.38. The van der Waals surface area contributed by atoms with Gasteiger partial charge in [-0.05, 0) is 46.0 Å². The van der Waals surface area contributed by atoms with E-state index in [0.717, 1.165) is 16.0 Å². The smallest absolute Gasteiger partial charge is 0.261 e. The van der Waals surface area contributed by atoms with E-state index in [1.54, 1.807) is 6.92 Å². The number of imide groups is 1. The molecule has 1 unspecified atom stereocenters. The lowest BCUT2D eigenvalue weighted by Crippen LogP contribution is -2.49. The molecule has 1 aromatic rings. The Morgan fingerprint density at radius 1 is 1.10 bits per heavy atom. The van der Waals surface area contributed by atoms with Crippen LogP contribution >= 0.6 is 0 Å². The molecule has 0 fully saturated rings. The van der Waals surface area contributed by atoms with E-state index in [0.29, 0.717) is 17.7 Å². The largest absolute Gasteiger partial charge is 0.387 e. The number of hydrogen-bond acceptors (Lipinski definition) is 4. The Labute approximate surface area is 125 Å². The number of nitrogens with zero attached hydrogens (tertiary/aromatic N) is 2. The lowest BCUT2D eigenvalue weighted by atomic mass is 9.99. The first kappa shape index (κ1) is 15.7. The lowest BCUT2D eigenvalue weighted by molar-refractivity contribution is 0.00472. The van der Waals surface area contributed by atoms with Crippen LogP contribution in [0.1, 0.15) is 38.8 Å². The number of amides is 2. The van der Waals surface area contributed by atoms with E-state index in [4.69, 9.17) is 0 Å². The molecule has 2 rings (SSSR count). The maximum atomic E-state index is 12.5. The van der Waals surface area contributed by atoms with Gasteiger partial charge in [0.1, 0.15) is 0 Å². The van der Waals surface area contributed by atoms with Gasteiger partial charge in [-0.1, -0.05) is 12.1 Å². The lowest BCUT2D eigenvalue weighted by Gasteiger charge is -2.30. The number of benzene rings is 1. The molecule has 0 aliphatic carbocycles. The van der Waals surface area contributed by atoms with E-state index in [9.17, 15) is 14.7 Å². The third-order valence-electron chi connectivity index (χ3n) is 3.70.